The summed E-state index contributed by atoms with van der Waals surface area (Å²) < 4.78 is 5.26. The van der Waals surface area contributed by atoms with Crippen molar-refractivity contribution >= 4 is 34.4 Å². The Morgan fingerprint density at radius 3 is 2.29 bits per heavy atom. The van der Waals surface area contributed by atoms with Crippen LogP contribution in [0, 0.1) is 0 Å². The smallest absolute Gasteiger partial charge is 0.412 e. The zero-order valence-corrected chi connectivity index (χ0v) is 16.2. The number of benzene rings is 2. The summed E-state index contributed by atoms with van der Waals surface area (Å²) in [5.74, 6) is -0.944. The molecule has 0 aliphatic carbocycles. The van der Waals surface area contributed by atoms with Gasteiger partial charge in [-0.15, -0.1) is 0 Å². The Morgan fingerprint density at radius 1 is 1.04 bits per heavy atom. The molecule has 0 fully saturated rings. The molecule has 8 heteroatoms. The summed E-state index contributed by atoms with van der Waals surface area (Å²) in [6.07, 6.45) is -0.683. The predicted molar refractivity (Wildman–Crippen MR) is 106 cm³/mol. The topological polar surface area (TPSA) is 117 Å². The summed E-state index contributed by atoms with van der Waals surface area (Å²) in [5.41, 5.74) is -0.200. The molecule has 0 aliphatic heterocycles. The minimum Gasteiger partial charge on any atom is -0.444 e. The highest BCUT2D eigenvalue weighted by atomic mass is 16.6. The van der Waals surface area contributed by atoms with Crippen molar-refractivity contribution in [1.82, 2.24) is 10.6 Å². The maximum absolute atomic E-state index is 12.6. The van der Waals surface area contributed by atoms with E-state index in [0.29, 0.717) is 0 Å². The maximum Gasteiger partial charge on any atom is 0.412 e. The SMILES string of the molecule is CC(C)(C)OC(=O)Nc1cc2ccccc2cc1C(=O)NCC(=O)NCCO. The summed E-state index contributed by atoms with van der Waals surface area (Å²) in [6.45, 7) is 4.89. The lowest BCUT2D eigenvalue weighted by Gasteiger charge is -2.20. The largest absolute Gasteiger partial charge is 0.444 e. The van der Waals surface area contributed by atoms with E-state index in [4.69, 9.17) is 9.84 Å². The molecule has 0 radical (unpaired) electrons. The van der Waals surface area contributed by atoms with Gasteiger partial charge in [0.2, 0.25) is 5.91 Å². The Kier molecular flexibility index (Phi) is 6.94. The number of amides is 3. The second-order valence-electron chi connectivity index (χ2n) is 7.13. The second-order valence-corrected chi connectivity index (χ2v) is 7.13. The summed E-state index contributed by atoms with van der Waals surface area (Å²) >= 11 is 0. The highest BCUT2D eigenvalue weighted by Gasteiger charge is 2.20. The molecule has 28 heavy (non-hydrogen) atoms. The van der Waals surface area contributed by atoms with E-state index < -0.39 is 23.5 Å². The predicted octanol–water partition coefficient (Wildman–Crippen LogP) is 2.03. The van der Waals surface area contributed by atoms with Crippen molar-refractivity contribution in [2.24, 2.45) is 0 Å². The molecule has 0 aliphatic rings. The zero-order valence-electron chi connectivity index (χ0n) is 16.2. The number of nitrogens with one attached hydrogen (secondary N) is 3. The number of aliphatic hydroxyl groups excluding tert-OH is 1. The third-order valence-electron chi connectivity index (χ3n) is 3.61. The quantitative estimate of drug-likeness (QED) is 0.605. The molecule has 2 rings (SSSR count). The van der Waals surface area contributed by atoms with E-state index in [1.165, 1.54) is 0 Å². The van der Waals surface area contributed by atoms with E-state index in [1.54, 1.807) is 32.9 Å². The van der Waals surface area contributed by atoms with Crippen molar-refractivity contribution < 1.29 is 24.2 Å². The number of ether oxygens (including phenoxy) is 1. The fourth-order valence-electron chi connectivity index (χ4n) is 2.46. The summed E-state index contributed by atoms with van der Waals surface area (Å²) in [4.78, 5) is 36.4. The van der Waals surface area contributed by atoms with Crippen LogP contribution < -0.4 is 16.0 Å². The molecular formula is C20H25N3O5. The minimum absolute atomic E-state index is 0.107. The van der Waals surface area contributed by atoms with Crippen molar-refractivity contribution in [3.8, 4) is 0 Å². The van der Waals surface area contributed by atoms with Gasteiger partial charge >= 0.3 is 6.09 Å². The molecule has 2 aromatic carbocycles. The molecule has 0 spiro atoms. The third-order valence-corrected chi connectivity index (χ3v) is 3.61. The van der Waals surface area contributed by atoms with Gasteiger partial charge in [0.25, 0.3) is 5.91 Å². The molecule has 0 unspecified atom stereocenters. The molecule has 0 atom stereocenters. The van der Waals surface area contributed by atoms with E-state index in [2.05, 4.69) is 16.0 Å². The highest BCUT2D eigenvalue weighted by molar-refractivity contribution is 6.07. The Hall–Kier alpha value is -3.13. The number of anilines is 1. The van der Waals surface area contributed by atoms with Crippen LogP contribution in [0.5, 0.6) is 0 Å². The normalized spacial score (nSPS) is 11.0. The lowest BCUT2D eigenvalue weighted by atomic mass is 10.0. The first-order valence-corrected chi connectivity index (χ1v) is 8.88. The highest BCUT2D eigenvalue weighted by Crippen LogP contribution is 2.25. The van der Waals surface area contributed by atoms with Crippen molar-refractivity contribution in [1.29, 1.82) is 0 Å². The van der Waals surface area contributed by atoms with Gasteiger partial charge in [0, 0.05) is 6.54 Å². The standard InChI is InChI=1S/C20H25N3O5/c1-20(2,3)28-19(27)23-16-11-14-7-5-4-6-13(14)10-15(16)18(26)22-12-17(25)21-8-9-24/h4-7,10-11,24H,8-9,12H2,1-3H3,(H,21,25)(H,22,26)(H,23,27). The van der Waals surface area contributed by atoms with Crippen molar-refractivity contribution in [3.63, 3.8) is 0 Å². The van der Waals surface area contributed by atoms with Gasteiger partial charge in [-0.25, -0.2) is 4.79 Å². The van der Waals surface area contributed by atoms with Gasteiger partial charge in [0.05, 0.1) is 24.4 Å². The van der Waals surface area contributed by atoms with Gasteiger partial charge in [-0.2, -0.15) is 0 Å². The summed E-state index contributed by atoms with van der Waals surface area (Å²) in [5, 5.41) is 17.9. The van der Waals surface area contributed by atoms with Crippen LogP contribution in [0.4, 0.5) is 10.5 Å². The Balaban J connectivity index is 2.25. The molecular weight excluding hydrogens is 362 g/mol. The van der Waals surface area contributed by atoms with Crippen molar-refractivity contribution in [2.45, 2.75) is 26.4 Å². The molecule has 0 aromatic heterocycles. The monoisotopic (exact) mass is 387 g/mol. The van der Waals surface area contributed by atoms with Crippen molar-refractivity contribution in [3.05, 3.63) is 42.0 Å². The van der Waals surface area contributed by atoms with E-state index in [0.717, 1.165) is 10.8 Å². The molecule has 3 amide bonds. The Bertz CT molecular complexity index is 874. The van der Waals surface area contributed by atoms with Crippen LogP contribution in [-0.4, -0.2) is 48.3 Å². The lowest BCUT2D eigenvalue weighted by Crippen LogP contribution is -2.38. The molecule has 8 nitrogen and oxygen atoms in total. The van der Waals surface area contributed by atoms with Crippen LogP contribution in [0.1, 0.15) is 31.1 Å². The zero-order chi connectivity index (χ0) is 20.7. The number of hydrogen-bond acceptors (Lipinski definition) is 5. The number of fused-ring (bicyclic) bond motifs is 1. The van der Waals surface area contributed by atoms with E-state index in [-0.39, 0.29) is 30.9 Å². The third kappa shape index (κ3) is 6.24. The Morgan fingerprint density at radius 2 is 1.68 bits per heavy atom. The fraction of sp³-hybridized carbons (Fsp3) is 0.350. The molecule has 0 saturated heterocycles. The number of carbonyl (C=O) groups is 3. The molecule has 0 saturated carbocycles. The number of carbonyl (C=O) groups excluding carboxylic acids is 3. The molecule has 2 aromatic rings. The molecule has 0 heterocycles. The number of rotatable bonds is 6. The van der Waals surface area contributed by atoms with Crippen LogP contribution in [0.2, 0.25) is 0 Å². The van der Waals surface area contributed by atoms with Gasteiger partial charge in [-0.05, 0) is 43.7 Å². The van der Waals surface area contributed by atoms with Gasteiger partial charge in [0.15, 0.2) is 0 Å². The van der Waals surface area contributed by atoms with Crippen LogP contribution in [-0.2, 0) is 9.53 Å². The lowest BCUT2D eigenvalue weighted by molar-refractivity contribution is -0.120. The van der Waals surface area contributed by atoms with Crippen LogP contribution >= 0.6 is 0 Å². The average Bonchev–Trinajstić information content (AvgIpc) is 2.62. The van der Waals surface area contributed by atoms with Crippen molar-refractivity contribution in [2.75, 3.05) is 25.0 Å². The number of aliphatic hydroxyl groups is 1. The van der Waals surface area contributed by atoms with Crippen LogP contribution in [0.3, 0.4) is 0 Å². The van der Waals surface area contributed by atoms with E-state index in [9.17, 15) is 14.4 Å². The van der Waals surface area contributed by atoms with Gasteiger partial charge in [-0.1, -0.05) is 24.3 Å². The van der Waals surface area contributed by atoms with E-state index >= 15 is 0 Å². The first-order chi connectivity index (χ1) is 13.2. The molecule has 4 N–H and O–H groups in total. The number of hydrogen-bond donors (Lipinski definition) is 4. The fourth-order valence-corrected chi connectivity index (χ4v) is 2.46. The average molecular weight is 387 g/mol. The second kappa shape index (κ2) is 9.18. The van der Waals surface area contributed by atoms with Crippen LogP contribution in [0.15, 0.2) is 36.4 Å². The first kappa shape index (κ1) is 21.2. The van der Waals surface area contributed by atoms with Crippen LogP contribution in [0.25, 0.3) is 10.8 Å². The summed E-state index contributed by atoms with van der Waals surface area (Å²) in [6, 6.07) is 10.7. The minimum atomic E-state index is -0.686. The van der Waals surface area contributed by atoms with E-state index in [1.807, 2.05) is 24.3 Å². The molecule has 0 bridgehead atoms. The van der Waals surface area contributed by atoms with Gasteiger partial charge in [-0.3, -0.25) is 14.9 Å². The Labute approximate surface area is 163 Å². The van der Waals surface area contributed by atoms with Gasteiger partial charge in [0.1, 0.15) is 5.60 Å². The van der Waals surface area contributed by atoms with Gasteiger partial charge < -0.3 is 20.5 Å². The molecule has 150 valence electrons. The summed E-state index contributed by atoms with van der Waals surface area (Å²) in [7, 11) is 0. The first-order valence-electron chi connectivity index (χ1n) is 8.88. The maximum atomic E-state index is 12.6.